The number of carbonyl (C=O) groups is 2. The Balaban J connectivity index is 2.26. The lowest BCUT2D eigenvalue weighted by Gasteiger charge is -2.36. The minimum atomic E-state index is -4.29. The highest BCUT2D eigenvalue weighted by molar-refractivity contribution is 7.89. The van der Waals surface area contributed by atoms with E-state index < -0.39 is 34.2 Å². The van der Waals surface area contributed by atoms with Crippen LogP contribution in [0.4, 0.5) is 5.69 Å². The average molecular weight is 682 g/mol. The Kier molecular flexibility index (Phi) is 16.5. The number of aliphatic imine (C=N–C) groups is 1. The topological polar surface area (TPSA) is 188 Å². The third kappa shape index (κ3) is 12.2. The first-order chi connectivity index (χ1) is 20.9. The number of hydrogen-bond donors (Lipinski definition) is 4. The summed E-state index contributed by atoms with van der Waals surface area (Å²) in [7, 11) is -4.29. The Morgan fingerprint density at radius 1 is 1.07 bits per heavy atom. The number of rotatable bonds is 18. The third-order valence-electron chi connectivity index (χ3n) is 6.95. The fourth-order valence-electron chi connectivity index (χ4n) is 4.81. The molecule has 1 fully saturated rings. The number of halogens is 2. The van der Waals surface area contributed by atoms with Crippen molar-refractivity contribution in [3.05, 3.63) is 22.2 Å². The Morgan fingerprint density at radius 3 is 2.25 bits per heavy atom. The Labute approximate surface area is 270 Å². The SMILES string of the molecule is CCOC(=O)CN(C(=O)[C@H](CCCNC(N)=NCC(OCC)OCC)NS(=O)(=O)c1cc(Cl)c(N)c(Cl)c1)C1CCCCC1. The van der Waals surface area contributed by atoms with Crippen molar-refractivity contribution in [3.63, 3.8) is 0 Å². The smallest absolute Gasteiger partial charge is 0.325 e. The van der Waals surface area contributed by atoms with Crippen LogP contribution >= 0.6 is 23.2 Å². The summed E-state index contributed by atoms with van der Waals surface area (Å²) in [4.78, 5) is 32.0. The number of amides is 1. The molecule has 1 aromatic rings. The van der Waals surface area contributed by atoms with E-state index in [0.29, 0.717) is 32.5 Å². The van der Waals surface area contributed by atoms with Gasteiger partial charge in [-0.25, -0.2) is 13.4 Å². The van der Waals surface area contributed by atoms with E-state index in [2.05, 4.69) is 15.0 Å². The molecule has 0 saturated heterocycles. The van der Waals surface area contributed by atoms with Gasteiger partial charge in [-0.3, -0.25) is 9.59 Å². The molecular formula is C28H46Cl2N6O7S. The molecule has 6 N–H and O–H groups in total. The van der Waals surface area contributed by atoms with Crippen LogP contribution in [0.5, 0.6) is 0 Å². The number of anilines is 1. The number of carbonyl (C=O) groups excluding carboxylic acids is 2. The van der Waals surface area contributed by atoms with E-state index in [9.17, 15) is 18.0 Å². The van der Waals surface area contributed by atoms with Crippen LogP contribution < -0.4 is 21.5 Å². The zero-order valence-electron chi connectivity index (χ0n) is 25.7. The van der Waals surface area contributed by atoms with Gasteiger partial charge in [0.15, 0.2) is 12.2 Å². The maximum absolute atomic E-state index is 14.0. The molecule has 0 spiro atoms. The fraction of sp³-hybridized carbons (Fsp3) is 0.679. The summed E-state index contributed by atoms with van der Waals surface area (Å²) < 4.78 is 45.5. The lowest BCUT2D eigenvalue weighted by molar-refractivity contribution is -0.151. The van der Waals surface area contributed by atoms with Crippen molar-refractivity contribution in [3.8, 4) is 0 Å². The van der Waals surface area contributed by atoms with E-state index in [1.165, 1.54) is 17.0 Å². The first kappa shape index (κ1) is 37.8. The van der Waals surface area contributed by atoms with Crippen molar-refractivity contribution in [1.82, 2.24) is 14.9 Å². The number of sulfonamides is 1. The van der Waals surface area contributed by atoms with Gasteiger partial charge in [0.1, 0.15) is 12.6 Å². The minimum Gasteiger partial charge on any atom is -0.465 e. The van der Waals surface area contributed by atoms with Crippen molar-refractivity contribution >= 4 is 56.7 Å². The van der Waals surface area contributed by atoms with Crippen LogP contribution in [0.3, 0.4) is 0 Å². The van der Waals surface area contributed by atoms with Crippen LogP contribution in [-0.4, -0.2) is 89.0 Å². The van der Waals surface area contributed by atoms with E-state index in [0.717, 1.165) is 19.3 Å². The number of nitrogens with one attached hydrogen (secondary N) is 2. The van der Waals surface area contributed by atoms with Crippen molar-refractivity contribution < 1.29 is 32.2 Å². The number of nitrogens with zero attached hydrogens (tertiary/aromatic N) is 2. The summed E-state index contributed by atoms with van der Waals surface area (Å²) in [6.07, 6.45) is 4.11. The summed E-state index contributed by atoms with van der Waals surface area (Å²) in [6, 6.07) is 0.894. The first-order valence-electron chi connectivity index (χ1n) is 14.9. The lowest BCUT2D eigenvalue weighted by atomic mass is 9.93. The van der Waals surface area contributed by atoms with Gasteiger partial charge in [-0.05, 0) is 58.6 Å². The van der Waals surface area contributed by atoms with Crippen LogP contribution in [0, 0.1) is 0 Å². The second kappa shape index (κ2) is 19.2. The zero-order chi connectivity index (χ0) is 32.7. The quantitative estimate of drug-likeness (QED) is 0.0448. The van der Waals surface area contributed by atoms with Crippen molar-refractivity contribution in [1.29, 1.82) is 0 Å². The summed E-state index contributed by atoms with van der Waals surface area (Å²) in [6.45, 7) is 6.65. The van der Waals surface area contributed by atoms with Crippen LogP contribution in [0.15, 0.2) is 22.0 Å². The summed E-state index contributed by atoms with van der Waals surface area (Å²) >= 11 is 12.2. The van der Waals surface area contributed by atoms with E-state index >= 15 is 0 Å². The molecule has 0 unspecified atom stereocenters. The molecule has 2 rings (SSSR count). The van der Waals surface area contributed by atoms with Gasteiger partial charge in [-0.15, -0.1) is 0 Å². The highest BCUT2D eigenvalue weighted by atomic mass is 35.5. The highest BCUT2D eigenvalue weighted by Crippen LogP contribution is 2.31. The second-order valence-corrected chi connectivity index (χ2v) is 12.7. The number of hydrogen-bond acceptors (Lipinski definition) is 9. The molecule has 250 valence electrons. The van der Waals surface area contributed by atoms with Gasteiger partial charge in [0.25, 0.3) is 0 Å². The second-order valence-electron chi connectivity index (χ2n) is 10.2. The van der Waals surface area contributed by atoms with E-state index in [-0.39, 0.29) is 65.3 Å². The number of esters is 1. The number of nitrogens with two attached hydrogens (primary N) is 2. The molecule has 0 aliphatic heterocycles. The third-order valence-corrected chi connectivity index (χ3v) is 9.03. The molecule has 16 heteroatoms. The van der Waals surface area contributed by atoms with Crippen LogP contribution in [0.1, 0.15) is 65.7 Å². The molecule has 0 aromatic heterocycles. The van der Waals surface area contributed by atoms with Gasteiger partial charge in [0, 0.05) is 25.8 Å². The molecule has 1 amide bonds. The normalized spacial score (nSPS) is 15.3. The monoisotopic (exact) mass is 680 g/mol. The van der Waals surface area contributed by atoms with Gasteiger partial charge in [-0.1, -0.05) is 42.5 Å². The maximum atomic E-state index is 14.0. The molecule has 1 aliphatic rings. The molecule has 1 saturated carbocycles. The van der Waals surface area contributed by atoms with Crippen LogP contribution in [0.2, 0.25) is 10.0 Å². The van der Waals surface area contributed by atoms with E-state index in [1.807, 2.05) is 13.8 Å². The molecule has 1 aliphatic carbocycles. The number of guanidine groups is 1. The maximum Gasteiger partial charge on any atom is 0.325 e. The fourth-order valence-corrected chi connectivity index (χ4v) is 6.70. The van der Waals surface area contributed by atoms with Gasteiger partial charge in [0.05, 0.1) is 33.8 Å². The van der Waals surface area contributed by atoms with Crippen LogP contribution in [0.25, 0.3) is 0 Å². The minimum absolute atomic E-state index is 0.0389. The van der Waals surface area contributed by atoms with E-state index in [1.54, 1.807) is 6.92 Å². The summed E-state index contributed by atoms with van der Waals surface area (Å²) in [5, 5.41) is 2.89. The standard InChI is InChI=1S/C28H46Cl2N6O7S/c1-4-41-24(37)18-36(19-11-8-7-9-12-19)27(38)23(35-44(39,40)20-15-21(29)26(31)22(30)16-20)13-10-14-33-28(32)34-17-25(42-5-2)43-6-3/h15-16,19,23,25,35H,4-14,17-18,31H2,1-3H3,(H3,32,33,34)/t23-/m0/s1. The number of nitrogen functional groups attached to an aromatic ring is 1. The molecule has 13 nitrogen and oxygen atoms in total. The van der Waals surface area contributed by atoms with Crippen molar-refractivity contribution in [2.24, 2.45) is 10.7 Å². The molecule has 44 heavy (non-hydrogen) atoms. The Hall–Kier alpha value is -2.36. The van der Waals surface area contributed by atoms with Crippen molar-refractivity contribution in [2.45, 2.75) is 89.0 Å². The predicted molar refractivity (Wildman–Crippen MR) is 171 cm³/mol. The first-order valence-corrected chi connectivity index (χ1v) is 17.2. The molecular weight excluding hydrogens is 635 g/mol. The van der Waals surface area contributed by atoms with Gasteiger partial charge in [0.2, 0.25) is 15.9 Å². The van der Waals surface area contributed by atoms with Gasteiger partial charge >= 0.3 is 5.97 Å². The largest absolute Gasteiger partial charge is 0.465 e. The molecule has 0 radical (unpaired) electrons. The molecule has 0 heterocycles. The predicted octanol–water partition coefficient (Wildman–Crippen LogP) is 3.03. The lowest BCUT2D eigenvalue weighted by Crippen LogP contribution is -2.54. The average Bonchev–Trinajstić information content (AvgIpc) is 2.99. The summed E-state index contributed by atoms with van der Waals surface area (Å²) in [5.74, 6) is -0.942. The zero-order valence-corrected chi connectivity index (χ0v) is 28.0. The van der Waals surface area contributed by atoms with Crippen molar-refractivity contribution in [2.75, 3.05) is 45.2 Å². The van der Waals surface area contributed by atoms with Gasteiger partial charge < -0.3 is 35.9 Å². The number of benzene rings is 1. The van der Waals surface area contributed by atoms with E-state index in [4.69, 9.17) is 48.9 Å². The molecule has 0 bridgehead atoms. The summed E-state index contributed by atoms with van der Waals surface area (Å²) in [5.41, 5.74) is 11.8. The molecule has 1 aromatic carbocycles. The van der Waals surface area contributed by atoms with Gasteiger partial charge in [-0.2, -0.15) is 4.72 Å². The molecule has 1 atom stereocenters. The number of ether oxygens (including phenoxy) is 3. The van der Waals surface area contributed by atoms with Crippen LogP contribution in [-0.2, 0) is 33.8 Å². The Morgan fingerprint density at radius 2 is 1.68 bits per heavy atom. The highest BCUT2D eigenvalue weighted by Gasteiger charge is 2.35. The Bertz CT molecular complexity index is 1190.